The Hall–Kier alpha value is -1.81. The van der Waals surface area contributed by atoms with Crippen molar-refractivity contribution in [1.82, 2.24) is 14.8 Å². The molecule has 0 saturated carbocycles. The third-order valence-corrected chi connectivity index (χ3v) is 2.79. The predicted molar refractivity (Wildman–Crippen MR) is 66.1 cm³/mol. The molecule has 0 atom stereocenters. The minimum absolute atomic E-state index is 0.749. The molecule has 16 heavy (non-hydrogen) atoms. The number of nitrogens with zero attached hydrogens (tertiary/aromatic N) is 3. The number of hydrogen-bond acceptors (Lipinski definition) is 3. The van der Waals surface area contributed by atoms with Gasteiger partial charge in [-0.2, -0.15) is 0 Å². The third-order valence-electron chi connectivity index (χ3n) is 2.41. The van der Waals surface area contributed by atoms with E-state index in [0.717, 1.165) is 21.6 Å². The van der Waals surface area contributed by atoms with Crippen LogP contribution in [-0.4, -0.2) is 14.8 Å². The number of rotatable bonds is 1. The quantitative estimate of drug-likeness (QED) is 0.648. The van der Waals surface area contributed by atoms with E-state index in [1.165, 1.54) is 0 Å². The Labute approximate surface area is 98.2 Å². The second kappa shape index (κ2) is 3.64. The van der Waals surface area contributed by atoms with Crippen molar-refractivity contribution in [2.75, 3.05) is 0 Å². The maximum Gasteiger partial charge on any atom is 0.181 e. The van der Waals surface area contributed by atoms with Gasteiger partial charge < -0.3 is 0 Å². The van der Waals surface area contributed by atoms with Gasteiger partial charge in [0.15, 0.2) is 5.65 Å². The van der Waals surface area contributed by atoms with Crippen molar-refractivity contribution in [2.24, 2.45) is 0 Å². The zero-order valence-corrected chi connectivity index (χ0v) is 9.30. The summed E-state index contributed by atoms with van der Waals surface area (Å²) >= 11 is 4.41. The van der Waals surface area contributed by atoms with Gasteiger partial charge >= 0.3 is 0 Å². The van der Waals surface area contributed by atoms with Gasteiger partial charge in [-0.3, -0.25) is 0 Å². The van der Waals surface area contributed by atoms with Crippen LogP contribution in [0.5, 0.6) is 0 Å². The summed E-state index contributed by atoms with van der Waals surface area (Å²) in [7, 11) is 0. The van der Waals surface area contributed by atoms with Crippen molar-refractivity contribution in [3.05, 3.63) is 48.8 Å². The number of thiol groups is 1. The van der Waals surface area contributed by atoms with E-state index in [0.29, 0.717) is 0 Å². The molecule has 0 radical (unpaired) electrons. The van der Waals surface area contributed by atoms with Crippen molar-refractivity contribution >= 4 is 23.7 Å². The fourth-order valence-corrected chi connectivity index (χ4v) is 1.90. The Balaban J connectivity index is 2.23. The number of hydrogen-bond donors (Lipinski definition) is 1. The zero-order valence-electron chi connectivity index (χ0n) is 8.41. The monoisotopic (exact) mass is 227 g/mol. The van der Waals surface area contributed by atoms with E-state index < -0.39 is 0 Å². The molecule has 0 spiro atoms. The molecule has 4 heteroatoms. The number of para-hydroxylation sites is 1. The van der Waals surface area contributed by atoms with Gasteiger partial charge in [-0.15, -0.1) is 17.7 Å². The molecule has 0 amide bonds. The highest BCUT2D eigenvalue weighted by molar-refractivity contribution is 7.80. The average molecular weight is 227 g/mol. The molecule has 1 aromatic carbocycles. The van der Waals surface area contributed by atoms with Crippen LogP contribution < -0.4 is 0 Å². The lowest BCUT2D eigenvalue weighted by atomic mass is 10.3. The van der Waals surface area contributed by atoms with E-state index in [4.69, 9.17) is 0 Å². The first-order chi connectivity index (χ1) is 7.84. The average Bonchev–Trinajstić information content (AvgIpc) is 2.73. The summed E-state index contributed by atoms with van der Waals surface area (Å²) in [6.45, 7) is 0. The molecule has 0 aliphatic heterocycles. The standard InChI is InChI=1S/C12H9N3S/c16-11-6-2-1-5-10(11)15-8-9-4-3-7-13-12(9)14-15/h1-8,16H. The highest BCUT2D eigenvalue weighted by Gasteiger charge is 2.04. The van der Waals surface area contributed by atoms with Gasteiger partial charge in [0.2, 0.25) is 0 Å². The lowest BCUT2D eigenvalue weighted by molar-refractivity contribution is 0.871. The molecule has 3 rings (SSSR count). The first-order valence-corrected chi connectivity index (χ1v) is 5.38. The Bertz CT molecular complexity index is 612. The molecule has 0 N–H and O–H groups in total. The first kappa shape index (κ1) is 9.42. The van der Waals surface area contributed by atoms with Crippen molar-refractivity contribution in [1.29, 1.82) is 0 Å². The van der Waals surface area contributed by atoms with Crippen LogP contribution in [0.15, 0.2) is 53.7 Å². The van der Waals surface area contributed by atoms with E-state index >= 15 is 0 Å². The Morgan fingerprint density at radius 3 is 2.75 bits per heavy atom. The topological polar surface area (TPSA) is 30.7 Å². The SMILES string of the molecule is Sc1ccccc1-n1cc2cccnc2n1. The van der Waals surface area contributed by atoms with Crippen LogP contribution in [0.4, 0.5) is 0 Å². The van der Waals surface area contributed by atoms with Crippen LogP contribution in [0, 0.1) is 0 Å². The summed E-state index contributed by atoms with van der Waals surface area (Å²) in [5.74, 6) is 0. The minimum atomic E-state index is 0.749. The normalized spacial score (nSPS) is 10.8. The van der Waals surface area contributed by atoms with E-state index in [2.05, 4.69) is 22.7 Å². The fraction of sp³-hybridized carbons (Fsp3) is 0. The molecule has 0 aliphatic rings. The van der Waals surface area contributed by atoms with Gasteiger partial charge in [-0.05, 0) is 24.3 Å². The van der Waals surface area contributed by atoms with Crippen LogP contribution in [0.1, 0.15) is 0 Å². The predicted octanol–water partition coefficient (Wildman–Crippen LogP) is 2.71. The summed E-state index contributed by atoms with van der Waals surface area (Å²) in [4.78, 5) is 5.10. The van der Waals surface area contributed by atoms with Gasteiger partial charge in [0.1, 0.15) is 0 Å². The van der Waals surface area contributed by atoms with Crippen LogP contribution in [-0.2, 0) is 0 Å². The maximum absolute atomic E-state index is 4.41. The molecule has 3 aromatic rings. The van der Waals surface area contributed by atoms with E-state index in [1.807, 2.05) is 42.6 Å². The lowest BCUT2D eigenvalue weighted by Gasteiger charge is -2.02. The van der Waals surface area contributed by atoms with Crippen LogP contribution >= 0.6 is 12.6 Å². The highest BCUT2D eigenvalue weighted by Crippen LogP contribution is 2.19. The second-order valence-electron chi connectivity index (χ2n) is 3.48. The van der Waals surface area contributed by atoms with Crippen molar-refractivity contribution in [3.8, 4) is 5.69 Å². The lowest BCUT2D eigenvalue weighted by Crippen LogP contribution is -1.95. The second-order valence-corrected chi connectivity index (χ2v) is 3.96. The van der Waals surface area contributed by atoms with E-state index in [9.17, 15) is 0 Å². The molecule has 3 nitrogen and oxygen atoms in total. The van der Waals surface area contributed by atoms with Crippen molar-refractivity contribution in [3.63, 3.8) is 0 Å². The third kappa shape index (κ3) is 1.47. The van der Waals surface area contributed by atoms with Gasteiger partial charge in [0, 0.05) is 22.7 Å². The summed E-state index contributed by atoms with van der Waals surface area (Å²) in [6, 6.07) is 11.7. The molecule has 0 fully saturated rings. The summed E-state index contributed by atoms with van der Waals surface area (Å²) in [5.41, 5.74) is 1.71. The first-order valence-electron chi connectivity index (χ1n) is 4.93. The van der Waals surface area contributed by atoms with Crippen LogP contribution in [0.2, 0.25) is 0 Å². The van der Waals surface area contributed by atoms with E-state index in [-0.39, 0.29) is 0 Å². The van der Waals surface area contributed by atoms with Crippen LogP contribution in [0.25, 0.3) is 16.7 Å². The van der Waals surface area contributed by atoms with Gasteiger partial charge in [0.05, 0.1) is 5.69 Å². The fourth-order valence-electron chi connectivity index (χ4n) is 1.64. The summed E-state index contributed by atoms with van der Waals surface area (Å²) in [6.07, 6.45) is 3.70. The Kier molecular flexibility index (Phi) is 2.15. The molecule has 78 valence electrons. The number of fused-ring (bicyclic) bond motifs is 1. The molecule has 0 bridgehead atoms. The molecule has 0 aliphatic carbocycles. The van der Waals surface area contributed by atoms with Gasteiger partial charge in [-0.1, -0.05) is 12.1 Å². The minimum Gasteiger partial charge on any atom is -0.237 e. The Morgan fingerprint density at radius 2 is 1.94 bits per heavy atom. The largest absolute Gasteiger partial charge is 0.237 e. The van der Waals surface area contributed by atoms with Crippen molar-refractivity contribution in [2.45, 2.75) is 4.90 Å². The summed E-state index contributed by atoms with van der Waals surface area (Å²) in [5, 5.41) is 5.43. The van der Waals surface area contributed by atoms with Gasteiger partial charge in [0.25, 0.3) is 0 Å². The number of benzene rings is 1. The van der Waals surface area contributed by atoms with Gasteiger partial charge in [-0.25, -0.2) is 9.67 Å². The molecular weight excluding hydrogens is 218 g/mol. The number of pyridine rings is 1. The molecule has 0 unspecified atom stereocenters. The zero-order chi connectivity index (χ0) is 11.0. The summed E-state index contributed by atoms with van der Waals surface area (Å²) < 4.78 is 1.81. The number of aromatic nitrogens is 3. The highest BCUT2D eigenvalue weighted by atomic mass is 32.1. The molecule has 2 heterocycles. The van der Waals surface area contributed by atoms with Crippen molar-refractivity contribution < 1.29 is 0 Å². The molecular formula is C12H9N3S. The maximum atomic E-state index is 4.41. The smallest absolute Gasteiger partial charge is 0.181 e. The van der Waals surface area contributed by atoms with Crippen LogP contribution in [0.3, 0.4) is 0 Å². The molecule has 2 aromatic heterocycles. The van der Waals surface area contributed by atoms with E-state index in [1.54, 1.807) is 10.9 Å². The molecule has 0 saturated heterocycles. The Morgan fingerprint density at radius 1 is 1.06 bits per heavy atom.